The van der Waals surface area contributed by atoms with Crippen molar-refractivity contribution in [3.05, 3.63) is 87.5 Å². The van der Waals surface area contributed by atoms with Crippen LogP contribution in [0.5, 0.6) is 5.75 Å². The molecule has 0 radical (unpaired) electrons. The summed E-state index contributed by atoms with van der Waals surface area (Å²) in [7, 11) is -3.64. The Morgan fingerprint density at radius 1 is 1.08 bits per heavy atom. The summed E-state index contributed by atoms with van der Waals surface area (Å²) in [6.45, 7) is 8.20. The summed E-state index contributed by atoms with van der Waals surface area (Å²) in [5.74, 6) is -0.959. The molecule has 2 saturated heterocycles. The van der Waals surface area contributed by atoms with Crippen molar-refractivity contribution in [1.82, 2.24) is 10.2 Å². The lowest BCUT2D eigenvalue weighted by molar-refractivity contribution is -0.385. The van der Waals surface area contributed by atoms with E-state index in [-0.39, 0.29) is 55.3 Å². The molecule has 3 aromatic carbocycles. The van der Waals surface area contributed by atoms with Crippen LogP contribution in [-0.2, 0) is 37.7 Å². The zero-order valence-corrected chi connectivity index (χ0v) is 35.1. The molecule has 0 aromatic heterocycles. The van der Waals surface area contributed by atoms with E-state index in [2.05, 4.69) is 5.32 Å². The topological polar surface area (TPSA) is 175 Å². The van der Waals surface area contributed by atoms with Crippen molar-refractivity contribution in [2.45, 2.75) is 101 Å². The quantitative estimate of drug-likeness (QED) is 0.0572. The van der Waals surface area contributed by atoms with Crippen LogP contribution in [0.2, 0.25) is 18.6 Å². The number of nitrogens with one attached hydrogen (secondary N) is 1. The molecule has 4 heterocycles. The van der Waals surface area contributed by atoms with E-state index < -0.39 is 48.4 Å². The number of halogens is 1. The fourth-order valence-electron chi connectivity index (χ4n) is 9.80. The first kappa shape index (κ1) is 42.4. The van der Waals surface area contributed by atoms with E-state index >= 15 is 4.11 Å². The molecule has 4 aliphatic heterocycles. The first-order valence-electron chi connectivity index (χ1n) is 20.6. The number of unbranched alkanes of at least 4 members (excludes halogenated alkanes) is 1. The summed E-state index contributed by atoms with van der Waals surface area (Å²) in [5.41, 5.74) is 0.858. The number of anilines is 3. The van der Waals surface area contributed by atoms with Crippen LogP contribution in [0.25, 0.3) is 0 Å². The second-order valence-corrected chi connectivity index (χ2v) is 20.4. The molecule has 59 heavy (non-hydrogen) atoms. The average Bonchev–Trinajstić information content (AvgIpc) is 3.87. The van der Waals surface area contributed by atoms with Crippen molar-refractivity contribution >= 4 is 48.9 Å². The van der Waals surface area contributed by atoms with Crippen LogP contribution in [0.3, 0.4) is 0 Å². The van der Waals surface area contributed by atoms with E-state index in [0.717, 1.165) is 17.7 Å². The number of rotatable bonds is 15. The number of ether oxygens (including phenoxy) is 2. The Bertz CT molecular complexity index is 2080. The molecule has 4 aliphatic rings. The minimum atomic E-state index is -3.64. The summed E-state index contributed by atoms with van der Waals surface area (Å²) in [4.78, 5) is 59.1. The van der Waals surface area contributed by atoms with Gasteiger partial charge < -0.3 is 38.9 Å². The first-order valence-corrected chi connectivity index (χ1v) is 23.6. The highest BCUT2D eigenvalue weighted by atomic mass is 28.4. The number of fused-ring (bicyclic) bond motifs is 3. The van der Waals surface area contributed by atoms with Gasteiger partial charge in [-0.1, -0.05) is 19.1 Å². The molecule has 0 saturated carbocycles. The second kappa shape index (κ2) is 17.1. The summed E-state index contributed by atoms with van der Waals surface area (Å²) < 4.78 is 28.9. The minimum Gasteiger partial charge on any atom is -0.494 e. The lowest BCUT2D eigenvalue weighted by Crippen LogP contribution is -2.49. The number of carbonyl (C=O) groups excluding carboxylic acids is 3. The molecule has 6 atom stereocenters. The largest absolute Gasteiger partial charge is 0.494 e. The Hall–Kier alpha value is -4.74. The monoisotopic (exact) mass is 831 g/mol. The highest BCUT2D eigenvalue weighted by molar-refractivity contribution is 6.72. The molecule has 2 fully saturated rings. The maximum atomic E-state index is 16.5. The molecule has 1 unspecified atom stereocenters. The summed E-state index contributed by atoms with van der Waals surface area (Å²) in [6.07, 6.45) is 2.05. The molecule has 3 amide bonds. The van der Waals surface area contributed by atoms with Crippen molar-refractivity contribution in [3.63, 3.8) is 0 Å². The third kappa shape index (κ3) is 7.88. The van der Waals surface area contributed by atoms with Crippen LogP contribution < -0.4 is 19.9 Å². The SMILES string of the molecule is CCOc1ccc2c(c1)CC(NCCCCO)C(=O)N2c1ccc(CN2C(=O)[C@]3(O[C@H](CC(=O)N4CCC[C@H]4CO)[C@@H]([Si](C)(C)F)[C@@H]3C)c3cc([N+](=O)[O-])ccc32)cc1. The van der Waals surface area contributed by atoms with Gasteiger partial charge >= 0.3 is 0 Å². The number of benzene rings is 3. The second-order valence-electron chi connectivity index (χ2n) is 16.6. The predicted molar refractivity (Wildman–Crippen MR) is 222 cm³/mol. The van der Waals surface area contributed by atoms with Crippen molar-refractivity contribution < 1.29 is 43.1 Å². The molecule has 3 aromatic rings. The Kier molecular flexibility index (Phi) is 12.3. The van der Waals surface area contributed by atoms with E-state index in [0.29, 0.717) is 68.1 Å². The van der Waals surface area contributed by atoms with Crippen LogP contribution in [0.4, 0.5) is 26.9 Å². The summed E-state index contributed by atoms with van der Waals surface area (Å²) in [6, 6.07) is 16.3. The molecule has 1 spiro atoms. The molecule has 16 heteroatoms. The lowest BCUT2D eigenvalue weighted by atomic mass is 9.82. The molecule has 0 bridgehead atoms. The van der Waals surface area contributed by atoms with Gasteiger partial charge in [0, 0.05) is 48.0 Å². The molecule has 7 rings (SSSR count). The van der Waals surface area contributed by atoms with Gasteiger partial charge in [0.2, 0.25) is 20.2 Å². The fraction of sp³-hybridized carbons (Fsp3) is 0.512. The molecule has 316 valence electrons. The van der Waals surface area contributed by atoms with Crippen LogP contribution in [0, 0.1) is 16.0 Å². The van der Waals surface area contributed by atoms with Gasteiger partial charge in [-0.15, -0.1) is 0 Å². The van der Waals surface area contributed by atoms with Gasteiger partial charge in [0.1, 0.15) is 5.75 Å². The molecule has 3 N–H and O–H groups in total. The Balaban J connectivity index is 1.20. The highest BCUT2D eigenvalue weighted by Crippen LogP contribution is 2.61. The van der Waals surface area contributed by atoms with Gasteiger partial charge in [0.15, 0.2) is 5.60 Å². The van der Waals surface area contributed by atoms with Gasteiger partial charge in [-0.3, -0.25) is 29.4 Å². The fourth-order valence-corrected chi connectivity index (χ4v) is 12.3. The average molecular weight is 832 g/mol. The Morgan fingerprint density at radius 2 is 1.83 bits per heavy atom. The molecular weight excluding hydrogens is 778 g/mol. The van der Waals surface area contributed by atoms with Crippen molar-refractivity contribution in [2.24, 2.45) is 5.92 Å². The van der Waals surface area contributed by atoms with Crippen molar-refractivity contribution in [1.29, 1.82) is 0 Å². The van der Waals surface area contributed by atoms with Gasteiger partial charge in [-0.2, -0.15) is 0 Å². The lowest BCUT2D eigenvalue weighted by Gasteiger charge is -2.35. The minimum absolute atomic E-state index is 0.0513. The van der Waals surface area contributed by atoms with E-state index in [4.69, 9.17) is 9.47 Å². The molecule has 14 nitrogen and oxygen atoms in total. The number of hydrogen-bond donors (Lipinski definition) is 3. The van der Waals surface area contributed by atoms with E-state index in [1.807, 2.05) is 49.4 Å². The van der Waals surface area contributed by atoms with Gasteiger partial charge in [0.25, 0.3) is 11.6 Å². The number of amides is 3. The van der Waals surface area contributed by atoms with Crippen molar-refractivity contribution in [3.8, 4) is 5.75 Å². The van der Waals surface area contributed by atoms with Gasteiger partial charge in [-0.25, -0.2) is 0 Å². The zero-order chi connectivity index (χ0) is 42.2. The third-order valence-electron chi connectivity index (χ3n) is 12.5. The number of non-ortho nitro benzene ring substituents is 1. The zero-order valence-electron chi connectivity index (χ0n) is 34.1. The van der Waals surface area contributed by atoms with Crippen LogP contribution in [0.1, 0.15) is 62.6 Å². The van der Waals surface area contributed by atoms with Crippen LogP contribution in [-0.4, -0.2) is 97.3 Å². The smallest absolute Gasteiger partial charge is 0.269 e. The van der Waals surface area contributed by atoms with Crippen molar-refractivity contribution in [2.75, 3.05) is 42.7 Å². The number of nitro benzene ring substituents is 1. The van der Waals surface area contributed by atoms with E-state index in [9.17, 15) is 34.7 Å². The first-order chi connectivity index (χ1) is 28.2. The predicted octanol–water partition coefficient (Wildman–Crippen LogP) is 5.64. The number of nitro groups is 1. The van der Waals surface area contributed by atoms with Crippen LogP contribution >= 0.6 is 0 Å². The van der Waals surface area contributed by atoms with Gasteiger partial charge in [0.05, 0.1) is 60.7 Å². The molecule has 0 aliphatic carbocycles. The number of carbonyl (C=O) groups is 3. The van der Waals surface area contributed by atoms with Crippen LogP contribution in [0.15, 0.2) is 60.7 Å². The summed E-state index contributed by atoms with van der Waals surface area (Å²) in [5, 5.41) is 34.6. The third-order valence-corrected chi connectivity index (χ3v) is 15.0. The normalized spacial score (nSPS) is 25.2. The molecular formula is C43H54FN5O9Si. The number of hydrogen-bond acceptors (Lipinski definition) is 10. The number of aliphatic hydroxyl groups is 2. The van der Waals surface area contributed by atoms with Gasteiger partial charge in [-0.05, 0) is 106 Å². The summed E-state index contributed by atoms with van der Waals surface area (Å²) >= 11 is 0. The maximum absolute atomic E-state index is 16.5. The van der Waals surface area contributed by atoms with E-state index in [1.54, 1.807) is 16.7 Å². The number of nitrogens with zero attached hydrogens (tertiary/aromatic N) is 4. The maximum Gasteiger partial charge on any atom is 0.269 e. The Morgan fingerprint density at radius 3 is 2.51 bits per heavy atom. The Labute approximate surface area is 344 Å². The highest BCUT2D eigenvalue weighted by Gasteiger charge is 2.67. The standard InChI is InChI=1S/C43H54FN5O9Si/c1-5-57-33-15-17-36-29(21-33)22-35(45-18-6-7-20-50)41(53)48(36)30-12-10-28(11-13-30)25-47-37-16-14-31(49(55)56)23-34(37)43(42(47)54)27(2)40(59(3,4)44)38(58-43)24-39(52)46-19-8-9-32(46)26-51/h10-17,21,23,27,32,35,38,40,45,50-51H,5-9,18-20,22,24-26H2,1-4H3/t27-,32-,35?,38+,40-,43+/m0/s1. The van der Waals surface area contributed by atoms with E-state index in [1.165, 1.54) is 36.2 Å². The number of likely N-dealkylation sites (tertiary alicyclic amines) is 1. The number of aliphatic hydroxyl groups excluding tert-OH is 2.